The van der Waals surface area contributed by atoms with Crippen LogP contribution in [-0.4, -0.2) is 40.5 Å². The van der Waals surface area contributed by atoms with Crippen molar-refractivity contribution in [1.82, 2.24) is 9.97 Å². The second kappa shape index (κ2) is 6.67. The molecule has 0 saturated heterocycles. The molecule has 0 bridgehead atoms. The smallest absolute Gasteiger partial charge is 0.313 e. The van der Waals surface area contributed by atoms with Crippen molar-refractivity contribution in [3.63, 3.8) is 0 Å². The number of carboxylic acids is 1. The van der Waals surface area contributed by atoms with E-state index in [-0.39, 0.29) is 5.75 Å². The summed E-state index contributed by atoms with van der Waals surface area (Å²) in [6, 6.07) is 5.84. The molecule has 2 aromatic rings. The predicted octanol–water partition coefficient (Wildman–Crippen LogP) is 2.30. The second-order valence-electron chi connectivity index (χ2n) is 4.34. The summed E-state index contributed by atoms with van der Waals surface area (Å²) in [5, 5.41) is 10.5. The first-order valence-corrected chi connectivity index (χ1v) is 7.20. The molecule has 1 heterocycles. The highest BCUT2D eigenvalue weighted by atomic mass is 32.2. The quantitative estimate of drug-likeness (QED) is 0.650. The molecule has 1 N–H and O–H groups in total. The highest BCUT2D eigenvalue weighted by Crippen LogP contribution is 2.28. The van der Waals surface area contributed by atoms with Crippen LogP contribution in [0.4, 0.5) is 0 Å². The molecule has 106 valence electrons. The summed E-state index contributed by atoms with van der Waals surface area (Å²) in [4.78, 5) is 19.8. The molecule has 1 aromatic heterocycles. The lowest BCUT2D eigenvalue weighted by Gasteiger charge is -2.09. The average Bonchev–Trinajstić information content (AvgIpc) is 2.42. The van der Waals surface area contributed by atoms with Gasteiger partial charge in [-0.2, -0.15) is 0 Å². The van der Waals surface area contributed by atoms with Crippen LogP contribution in [0.1, 0.15) is 11.4 Å². The monoisotopic (exact) mass is 292 g/mol. The maximum atomic E-state index is 10.8. The maximum Gasteiger partial charge on any atom is 0.313 e. The van der Waals surface area contributed by atoms with Gasteiger partial charge in [0.25, 0.3) is 0 Å². The number of rotatable bonds is 6. The summed E-state index contributed by atoms with van der Waals surface area (Å²) < 4.78 is 5.04. The molecule has 0 fully saturated rings. The number of aliphatic carboxylic acids is 1. The summed E-state index contributed by atoms with van der Waals surface area (Å²) in [6.45, 7) is 2.52. The van der Waals surface area contributed by atoms with E-state index >= 15 is 0 Å². The number of ether oxygens (including phenoxy) is 1. The van der Waals surface area contributed by atoms with Crippen molar-refractivity contribution < 1.29 is 14.6 Å². The van der Waals surface area contributed by atoms with Gasteiger partial charge in [-0.1, -0.05) is 23.9 Å². The Bertz CT molecular complexity index is 631. The first kappa shape index (κ1) is 14.7. The molecule has 20 heavy (non-hydrogen) atoms. The Kier molecular flexibility index (Phi) is 4.92. The normalized spacial score (nSPS) is 10.9. The fourth-order valence-electron chi connectivity index (χ4n) is 1.90. The highest BCUT2D eigenvalue weighted by molar-refractivity contribution is 8.00. The van der Waals surface area contributed by atoms with Crippen molar-refractivity contribution in [3.05, 3.63) is 29.6 Å². The fraction of sp³-hybridized carbons (Fsp3) is 0.357. The number of aryl methyl sites for hydroxylation is 1. The van der Waals surface area contributed by atoms with E-state index in [1.54, 1.807) is 7.11 Å². The molecule has 0 atom stereocenters. The zero-order valence-electron chi connectivity index (χ0n) is 11.4. The van der Waals surface area contributed by atoms with Gasteiger partial charge in [-0.05, 0) is 18.6 Å². The van der Waals surface area contributed by atoms with Gasteiger partial charge in [-0.3, -0.25) is 4.79 Å². The van der Waals surface area contributed by atoms with E-state index in [1.807, 2.05) is 25.1 Å². The van der Waals surface area contributed by atoms with Crippen LogP contribution < -0.4 is 0 Å². The minimum Gasteiger partial charge on any atom is -0.481 e. The molecule has 5 nitrogen and oxygen atoms in total. The lowest BCUT2D eigenvalue weighted by Crippen LogP contribution is -2.05. The molecule has 0 saturated carbocycles. The molecule has 1 aromatic carbocycles. The number of thioether (sulfide) groups is 1. The third-order valence-electron chi connectivity index (χ3n) is 2.81. The molecule has 0 unspecified atom stereocenters. The van der Waals surface area contributed by atoms with Crippen LogP contribution in [0.25, 0.3) is 10.9 Å². The number of benzene rings is 1. The first-order chi connectivity index (χ1) is 9.61. The number of aromatic nitrogens is 2. The molecular formula is C14H16N2O3S. The number of methoxy groups -OCH3 is 1. The Morgan fingerprint density at radius 3 is 2.90 bits per heavy atom. The van der Waals surface area contributed by atoms with Gasteiger partial charge < -0.3 is 9.84 Å². The van der Waals surface area contributed by atoms with Crippen LogP contribution in [0.3, 0.4) is 0 Å². The number of carboxylic acid groups (broad SMARTS) is 1. The summed E-state index contributed by atoms with van der Waals surface area (Å²) in [6.07, 6.45) is 0.612. The van der Waals surface area contributed by atoms with Crippen LogP contribution in [0, 0.1) is 6.92 Å². The van der Waals surface area contributed by atoms with Gasteiger partial charge in [0.2, 0.25) is 0 Å². The largest absolute Gasteiger partial charge is 0.481 e. The molecule has 0 aliphatic carbocycles. The van der Waals surface area contributed by atoms with Gasteiger partial charge in [0.05, 0.1) is 17.9 Å². The Balaban J connectivity index is 2.45. The Morgan fingerprint density at radius 2 is 2.20 bits per heavy atom. The number of hydrogen-bond acceptors (Lipinski definition) is 5. The van der Waals surface area contributed by atoms with Crippen molar-refractivity contribution >= 4 is 28.6 Å². The number of carbonyl (C=O) groups is 1. The Morgan fingerprint density at radius 1 is 1.40 bits per heavy atom. The van der Waals surface area contributed by atoms with E-state index in [0.29, 0.717) is 18.9 Å². The van der Waals surface area contributed by atoms with E-state index in [0.717, 1.165) is 21.5 Å². The van der Waals surface area contributed by atoms with E-state index in [1.165, 1.54) is 11.8 Å². The molecule has 0 aliphatic heterocycles. The Labute approximate surface area is 121 Å². The third-order valence-corrected chi connectivity index (χ3v) is 3.77. The zero-order chi connectivity index (χ0) is 14.5. The zero-order valence-corrected chi connectivity index (χ0v) is 12.2. The molecule has 0 spiro atoms. The van der Waals surface area contributed by atoms with E-state index in [2.05, 4.69) is 9.97 Å². The SMILES string of the molecule is COCCc1nc(SCC(=O)O)c2c(C)cccc2n1. The van der Waals surface area contributed by atoms with Gasteiger partial charge in [-0.25, -0.2) is 9.97 Å². The number of fused-ring (bicyclic) bond motifs is 1. The summed E-state index contributed by atoms with van der Waals surface area (Å²) >= 11 is 1.23. The van der Waals surface area contributed by atoms with Crippen molar-refractivity contribution in [1.29, 1.82) is 0 Å². The summed E-state index contributed by atoms with van der Waals surface area (Å²) in [5.41, 5.74) is 1.90. The van der Waals surface area contributed by atoms with Crippen LogP contribution >= 0.6 is 11.8 Å². The van der Waals surface area contributed by atoms with Crippen molar-refractivity contribution in [3.8, 4) is 0 Å². The molecular weight excluding hydrogens is 276 g/mol. The minimum atomic E-state index is -0.853. The number of nitrogens with zero attached hydrogens (tertiary/aromatic N) is 2. The third kappa shape index (κ3) is 3.46. The molecule has 6 heteroatoms. The highest BCUT2D eigenvalue weighted by Gasteiger charge is 2.11. The van der Waals surface area contributed by atoms with Crippen molar-refractivity contribution in [2.75, 3.05) is 19.5 Å². The summed E-state index contributed by atoms with van der Waals surface area (Å²) in [7, 11) is 1.63. The van der Waals surface area contributed by atoms with Crippen LogP contribution in [-0.2, 0) is 16.0 Å². The van der Waals surface area contributed by atoms with E-state index in [4.69, 9.17) is 9.84 Å². The second-order valence-corrected chi connectivity index (χ2v) is 5.30. The van der Waals surface area contributed by atoms with E-state index < -0.39 is 5.97 Å². The molecule has 2 rings (SSSR count). The lowest BCUT2D eigenvalue weighted by atomic mass is 10.1. The standard InChI is InChI=1S/C14H16N2O3S/c1-9-4-3-5-10-13(9)14(20-8-12(17)18)16-11(15-10)6-7-19-2/h3-5H,6-8H2,1-2H3,(H,17,18). The molecule has 0 radical (unpaired) electrons. The minimum absolute atomic E-state index is 0.00976. The molecule has 0 amide bonds. The average molecular weight is 292 g/mol. The maximum absolute atomic E-state index is 10.8. The van der Waals surface area contributed by atoms with Gasteiger partial charge in [-0.15, -0.1) is 0 Å². The lowest BCUT2D eigenvalue weighted by molar-refractivity contribution is -0.133. The van der Waals surface area contributed by atoms with Crippen LogP contribution in [0.5, 0.6) is 0 Å². The van der Waals surface area contributed by atoms with Crippen LogP contribution in [0.2, 0.25) is 0 Å². The topological polar surface area (TPSA) is 72.3 Å². The van der Waals surface area contributed by atoms with Crippen LogP contribution in [0.15, 0.2) is 23.2 Å². The van der Waals surface area contributed by atoms with E-state index in [9.17, 15) is 4.79 Å². The fourth-order valence-corrected chi connectivity index (χ4v) is 2.74. The summed E-state index contributed by atoms with van der Waals surface area (Å²) in [5.74, 6) is -0.184. The molecule has 0 aliphatic rings. The van der Waals surface area contributed by atoms with Gasteiger partial charge in [0, 0.05) is 18.9 Å². The Hall–Kier alpha value is -1.66. The van der Waals surface area contributed by atoms with Gasteiger partial charge >= 0.3 is 5.97 Å². The van der Waals surface area contributed by atoms with Crippen molar-refractivity contribution in [2.24, 2.45) is 0 Å². The van der Waals surface area contributed by atoms with Crippen molar-refractivity contribution in [2.45, 2.75) is 18.4 Å². The van der Waals surface area contributed by atoms with Gasteiger partial charge in [0.15, 0.2) is 0 Å². The first-order valence-electron chi connectivity index (χ1n) is 6.21. The predicted molar refractivity (Wildman–Crippen MR) is 78.2 cm³/mol. The number of hydrogen-bond donors (Lipinski definition) is 1. The van der Waals surface area contributed by atoms with Gasteiger partial charge in [0.1, 0.15) is 10.9 Å².